The third-order valence-electron chi connectivity index (χ3n) is 4.92. The van der Waals surface area contributed by atoms with Crippen molar-refractivity contribution in [3.05, 3.63) is 70.5 Å². The minimum atomic E-state index is -0.101. The molecule has 0 fully saturated rings. The van der Waals surface area contributed by atoms with Crippen LogP contribution in [0.2, 0.25) is 10.0 Å². The number of nitrogens with one attached hydrogen (secondary N) is 2. The molecule has 0 aliphatic heterocycles. The molecule has 2 N–H and O–H groups in total. The van der Waals surface area contributed by atoms with Crippen molar-refractivity contribution >= 4 is 45.8 Å². The number of halogens is 2. The number of hydrogen-bond donors (Lipinski definition) is 2. The van der Waals surface area contributed by atoms with Crippen LogP contribution in [0, 0.1) is 6.92 Å². The van der Waals surface area contributed by atoms with Gasteiger partial charge in [0.2, 0.25) is 5.91 Å². The highest BCUT2D eigenvalue weighted by Gasteiger charge is 2.15. The van der Waals surface area contributed by atoms with E-state index in [1.807, 2.05) is 42.0 Å². The number of rotatable bonds is 8. The number of benzene rings is 1. The lowest BCUT2D eigenvalue weighted by Gasteiger charge is -2.15. The highest BCUT2D eigenvalue weighted by molar-refractivity contribution is 6.37. The number of anilines is 1. The molecule has 0 bridgehead atoms. The topological polar surface area (TPSA) is 94.0 Å². The van der Waals surface area contributed by atoms with Crippen LogP contribution < -0.4 is 15.4 Å². The average Bonchev–Trinajstić information content (AvgIpc) is 3.32. The Bertz CT molecular complexity index is 1290. The summed E-state index contributed by atoms with van der Waals surface area (Å²) in [6, 6.07) is 7.78. The number of para-hydroxylation sites is 1. The highest BCUT2D eigenvalue weighted by Crippen LogP contribution is 2.33. The second-order valence-corrected chi connectivity index (χ2v) is 8.14. The van der Waals surface area contributed by atoms with Crippen LogP contribution in [-0.2, 0) is 11.4 Å². The van der Waals surface area contributed by atoms with Crippen molar-refractivity contribution in [2.45, 2.75) is 20.5 Å². The first-order chi connectivity index (χ1) is 15.9. The van der Waals surface area contributed by atoms with Gasteiger partial charge < -0.3 is 19.9 Å². The molecule has 8 nitrogen and oxygen atoms in total. The molecule has 0 aliphatic rings. The molecule has 3 heterocycles. The number of hydrogen-bond acceptors (Lipinski definition) is 6. The standard InChI is InChI=1S/C23H22Cl2N6O2/c1-14-10-19(31-9-8-26-13-31)16-4-3-5-20(22(16)30-14)33-12-17-18(24)11-29-23(21(17)25)28-7-6-27-15(2)32/h3-5,8-11,13H,6-7,12H2,1-2H3,(H,27,32)(H,28,29). The van der Waals surface area contributed by atoms with Crippen molar-refractivity contribution in [3.8, 4) is 11.4 Å². The Balaban J connectivity index is 1.59. The van der Waals surface area contributed by atoms with E-state index < -0.39 is 0 Å². The molecule has 4 aromatic rings. The van der Waals surface area contributed by atoms with Crippen molar-refractivity contribution < 1.29 is 9.53 Å². The van der Waals surface area contributed by atoms with Crippen molar-refractivity contribution in [3.63, 3.8) is 0 Å². The first kappa shape index (κ1) is 22.8. The van der Waals surface area contributed by atoms with E-state index in [1.54, 1.807) is 12.5 Å². The molecule has 3 aromatic heterocycles. The quantitative estimate of drug-likeness (QED) is 0.356. The van der Waals surface area contributed by atoms with Gasteiger partial charge in [0.15, 0.2) is 0 Å². The molecule has 0 atom stereocenters. The van der Waals surface area contributed by atoms with Gasteiger partial charge in [-0.2, -0.15) is 0 Å². The maximum absolute atomic E-state index is 11.0. The largest absolute Gasteiger partial charge is 0.487 e. The molecule has 0 saturated carbocycles. The summed E-state index contributed by atoms with van der Waals surface area (Å²) >= 11 is 12.9. The van der Waals surface area contributed by atoms with Crippen LogP contribution in [-0.4, -0.2) is 38.5 Å². The number of pyridine rings is 2. The molecule has 1 aromatic carbocycles. The Hall–Kier alpha value is -3.36. The van der Waals surface area contributed by atoms with Gasteiger partial charge in [-0.3, -0.25) is 4.79 Å². The zero-order valence-corrected chi connectivity index (χ0v) is 19.6. The summed E-state index contributed by atoms with van der Waals surface area (Å²) < 4.78 is 8.08. The maximum Gasteiger partial charge on any atom is 0.216 e. The van der Waals surface area contributed by atoms with Gasteiger partial charge in [-0.25, -0.2) is 15.0 Å². The number of carbonyl (C=O) groups excluding carboxylic acids is 1. The van der Waals surface area contributed by atoms with Crippen LogP contribution in [0.1, 0.15) is 18.2 Å². The second-order valence-electron chi connectivity index (χ2n) is 7.35. The van der Waals surface area contributed by atoms with E-state index in [0.717, 1.165) is 22.3 Å². The first-order valence-corrected chi connectivity index (χ1v) is 11.0. The lowest BCUT2D eigenvalue weighted by atomic mass is 10.1. The number of imidazole rings is 1. The van der Waals surface area contributed by atoms with E-state index in [4.69, 9.17) is 32.9 Å². The van der Waals surface area contributed by atoms with E-state index in [-0.39, 0.29) is 12.5 Å². The average molecular weight is 485 g/mol. The summed E-state index contributed by atoms with van der Waals surface area (Å²) in [5.41, 5.74) is 3.16. The van der Waals surface area contributed by atoms with Crippen molar-refractivity contribution in [2.24, 2.45) is 0 Å². The predicted octanol–water partition coefficient (Wildman–Crippen LogP) is 4.56. The van der Waals surface area contributed by atoms with Crippen molar-refractivity contribution in [1.82, 2.24) is 24.8 Å². The predicted molar refractivity (Wildman–Crippen MR) is 129 cm³/mol. The third-order valence-corrected chi connectivity index (χ3v) is 5.66. The van der Waals surface area contributed by atoms with Crippen LogP contribution in [0.25, 0.3) is 16.6 Å². The number of fused-ring (bicyclic) bond motifs is 1. The minimum absolute atomic E-state index is 0.101. The fourth-order valence-corrected chi connectivity index (χ4v) is 3.91. The zero-order chi connectivity index (χ0) is 23.4. The normalized spacial score (nSPS) is 10.9. The Morgan fingerprint density at radius 1 is 1.24 bits per heavy atom. The second kappa shape index (κ2) is 10.1. The molecule has 0 unspecified atom stereocenters. The molecule has 0 saturated heterocycles. The summed E-state index contributed by atoms with van der Waals surface area (Å²) in [5.74, 6) is 0.983. The Morgan fingerprint density at radius 2 is 2.09 bits per heavy atom. The van der Waals surface area contributed by atoms with E-state index >= 15 is 0 Å². The van der Waals surface area contributed by atoms with Crippen molar-refractivity contribution in [2.75, 3.05) is 18.4 Å². The lowest BCUT2D eigenvalue weighted by Crippen LogP contribution is -2.26. The van der Waals surface area contributed by atoms with Gasteiger partial charge in [0.1, 0.15) is 23.7 Å². The Labute approximate surface area is 200 Å². The molecule has 0 spiro atoms. The van der Waals surface area contributed by atoms with Crippen molar-refractivity contribution in [1.29, 1.82) is 0 Å². The molecule has 10 heteroatoms. The Morgan fingerprint density at radius 3 is 2.85 bits per heavy atom. The number of carbonyl (C=O) groups is 1. The summed E-state index contributed by atoms with van der Waals surface area (Å²) in [6.07, 6.45) is 6.89. The molecule has 4 rings (SSSR count). The maximum atomic E-state index is 11.0. The first-order valence-electron chi connectivity index (χ1n) is 10.3. The minimum Gasteiger partial charge on any atom is -0.487 e. The fraction of sp³-hybridized carbons (Fsp3) is 0.217. The number of aryl methyl sites for hydroxylation is 1. The number of ether oxygens (including phenoxy) is 1. The van der Waals surface area contributed by atoms with Crippen LogP contribution in [0.4, 0.5) is 5.82 Å². The van der Waals surface area contributed by atoms with Crippen LogP contribution in [0.15, 0.2) is 49.2 Å². The van der Waals surface area contributed by atoms with Gasteiger partial charge in [0, 0.05) is 55.2 Å². The summed E-state index contributed by atoms with van der Waals surface area (Å²) in [6.45, 7) is 4.45. The van der Waals surface area contributed by atoms with Crippen LogP contribution in [0.3, 0.4) is 0 Å². The molecule has 0 aliphatic carbocycles. The number of aromatic nitrogens is 4. The molecule has 0 radical (unpaired) electrons. The molecule has 170 valence electrons. The monoisotopic (exact) mass is 484 g/mol. The van der Waals surface area contributed by atoms with Gasteiger partial charge in [-0.1, -0.05) is 35.3 Å². The third kappa shape index (κ3) is 5.18. The molecular weight excluding hydrogens is 463 g/mol. The zero-order valence-electron chi connectivity index (χ0n) is 18.1. The van der Waals surface area contributed by atoms with Gasteiger partial charge in [0.25, 0.3) is 0 Å². The lowest BCUT2D eigenvalue weighted by molar-refractivity contribution is -0.118. The summed E-state index contributed by atoms with van der Waals surface area (Å²) in [4.78, 5) is 24.1. The van der Waals surface area contributed by atoms with Crippen LogP contribution >= 0.6 is 23.2 Å². The molecule has 1 amide bonds. The number of amides is 1. The SMILES string of the molecule is CC(=O)NCCNc1ncc(Cl)c(COc2cccc3c(-n4ccnc4)cc(C)nc23)c1Cl. The van der Waals surface area contributed by atoms with E-state index in [0.29, 0.717) is 40.3 Å². The van der Waals surface area contributed by atoms with Crippen LogP contribution in [0.5, 0.6) is 5.75 Å². The van der Waals surface area contributed by atoms with Gasteiger partial charge in [-0.15, -0.1) is 0 Å². The summed E-state index contributed by atoms with van der Waals surface area (Å²) in [7, 11) is 0. The smallest absolute Gasteiger partial charge is 0.216 e. The van der Waals surface area contributed by atoms with Gasteiger partial charge in [-0.05, 0) is 19.1 Å². The highest BCUT2D eigenvalue weighted by atomic mass is 35.5. The fourth-order valence-electron chi connectivity index (χ4n) is 3.39. The number of nitrogens with zero attached hydrogens (tertiary/aromatic N) is 4. The van der Waals surface area contributed by atoms with E-state index in [9.17, 15) is 4.79 Å². The summed E-state index contributed by atoms with van der Waals surface area (Å²) in [5, 5.41) is 7.51. The van der Waals surface area contributed by atoms with E-state index in [2.05, 4.69) is 20.6 Å². The molecular formula is C23H22Cl2N6O2. The van der Waals surface area contributed by atoms with Gasteiger partial charge in [0.05, 0.1) is 22.1 Å². The Kier molecular flexibility index (Phi) is 6.96. The van der Waals surface area contributed by atoms with E-state index in [1.165, 1.54) is 13.1 Å². The molecule has 33 heavy (non-hydrogen) atoms. The van der Waals surface area contributed by atoms with Gasteiger partial charge >= 0.3 is 0 Å².